The maximum absolute atomic E-state index is 5.43. The molecule has 0 saturated heterocycles. The lowest BCUT2D eigenvalue weighted by Crippen LogP contribution is -2.02. The number of nitrogens with zero attached hydrogens (tertiary/aromatic N) is 1. The van der Waals surface area contributed by atoms with Crippen LogP contribution in [0.4, 0.5) is 0 Å². The minimum Gasteiger partial charge on any atom is -0.443 e. The van der Waals surface area contributed by atoms with Gasteiger partial charge in [0.1, 0.15) is 5.52 Å². The third-order valence-corrected chi connectivity index (χ3v) is 1.83. The van der Waals surface area contributed by atoms with Crippen LogP contribution in [0.2, 0.25) is 0 Å². The number of oxazole rings is 1. The van der Waals surface area contributed by atoms with Crippen LogP contribution in [0.15, 0.2) is 29.0 Å². The third kappa shape index (κ3) is 1.99. The number of aromatic nitrogens is 1. The lowest BCUT2D eigenvalue weighted by atomic mass is 10.1. The predicted molar refractivity (Wildman–Crippen MR) is 54.0 cm³/mol. The molecular formula is C9H11ClN2O. The van der Waals surface area contributed by atoms with Gasteiger partial charge in [0, 0.05) is 0 Å². The lowest BCUT2D eigenvalue weighted by molar-refractivity contribution is 0.601. The number of nitrogens with two attached hydrogens (primary N) is 1. The summed E-state index contributed by atoms with van der Waals surface area (Å²) in [7, 11) is 0. The van der Waals surface area contributed by atoms with Crippen molar-refractivity contribution in [2.75, 3.05) is 6.54 Å². The van der Waals surface area contributed by atoms with Gasteiger partial charge in [0.25, 0.3) is 0 Å². The van der Waals surface area contributed by atoms with Crippen molar-refractivity contribution in [3.8, 4) is 0 Å². The first-order valence-electron chi connectivity index (χ1n) is 3.92. The Hall–Kier alpha value is -1.06. The summed E-state index contributed by atoms with van der Waals surface area (Å²) < 4.78 is 5.15. The minimum atomic E-state index is 0. The van der Waals surface area contributed by atoms with Gasteiger partial charge in [-0.05, 0) is 30.7 Å². The first-order chi connectivity index (χ1) is 5.90. The lowest BCUT2D eigenvalue weighted by Gasteiger charge is -1.95. The molecule has 0 fully saturated rings. The molecule has 0 unspecified atom stereocenters. The molecule has 0 aliphatic heterocycles. The van der Waals surface area contributed by atoms with Gasteiger partial charge in [-0.15, -0.1) is 12.4 Å². The normalized spacial score (nSPS) is 9.92. The van der Waals surface area contributed by atoms with E-state index in [4.69, 9.17) is 10.2 Å². The average molecular weight is 199 g/mol. The fraction of sp³-hybridized carbons (Fsp3) is 0.222. The summed E-state index contributed by atoms with van der Waals surface area (Å²) in [5, 5.41) is 0. The Morgan fingerprint density at radius 1 is 1.38 bits per heavy atom. The number of fused-ring (bicyclic) bond motifs is 1. The van der Waals surface area contributed by atoms with Gasteiger partial charge in [0.2, 0.25) is 0 Å². The third-order valence-electron chi connectivity index (χ3n) is 1.83. The van der Waals surface area contributed by atoms with Crippen molar-refractivity contribution in [2.24, 2.45) is 5.73 Å². The van der Waals surface area contributed by atoms with Crippen LogP contribution in [-0.4, -0.2) is 11.5 Å². The summed E-state index contributed by atoms with van der Waals surface area (Å²) in [6, 6.07) is 5.96. The summed E-state index contributed by atoms with van der Waals surface area (Å²) in [5.41, 5.74) is 8.36. The van der Waals surface area contributed by atoms with E-state index in [1.54, 1.807) is 0 Å². The van der Waals surface area contributed by atoms with E-state index < -0.39 is 0 Å². The molecule has 0 aliphatic carbocycles. The van der Waals surface area contributed by atoms with Crippen LogP contribution in [-0.2, 0) is 6.42 Å². The molecule has 2 rings (SSSR count). The summed E-state index contributed by atoms with van der Waals surface area (Å²) >= 11 is 0. The molecule has 2 N–H and O–H groups in total. The Kier molecular flexibility index (Phi) is 3.28. The summed E-state index contributed by atoms with van der Waals surface area (Å²) in [5.74, 6) is 0. The van der Waals surface area contributed by atoms with E-state index in [0.717, 1.165) is 17.5 Å². The number of hydrogen-bond acceptors (Lipinski definition) is 3. The second kappa shape index (κ2) is 4.25. The largest absolute Gasteiger partial charge is 0.443 e. The van der Waals surface area contributed by atoms with Crippen molar-refractivity contribution in [3.63, 3.8) is 0 Å². The SMILES string of the molecule is Cl.NCCc1ccc2ncoc2c1. The van der Waals surface area contributed by atoms with E-state index in [2.05, 4.69) is 4.98 Å². The van der Waals surface area contributed by atoms with Gasteiger partial charge in [-0.25, -0.2) is 4.98 Å². The zero-order valence-corrected chi connectivity index (χ0v) is 7.88. The van der Waals surface area contributed by atoms with Gasteiger partial charge in [-0.3, -0.25) is 0 Å². The molecule has 2 aromatic rings. The van der Waals surface area contributed by atoms with E-state index in [-0.39, 0.29) is 12.4 Å². The second-order valence-electron chi connectivity index (χ2n) is 2.69. The van der Waals surface area contributed by atoms with E-state index in [9.17, 15) is 0 Å². The highest BCUT2D eigenvalue weighted by atomic mass is 35.5. The fourth-order valence-electron chi connectivity index (χ4n) is 1.22. The van der Waals surface area contributed by atoms with E-state index >= 15 is 0 Å². The van der Waals surface area contributed by atoms with E-state index in [1.807, 2.05) is 18.2 Å². The van der Waals surface area contributed by atoms with Crippen LogP contribution in [0.3, 0.4) is 0 Å². The highest BCUT2D eigenvalue weighted by molar-refractivity contribution is 5.85. The Morgan fingerprint density at radius 3 is 3.00 bits per heavy atom. The average Bonchev–Trinajstić information content (AvgIpc) is 2.51. The maximum Gasteiger partial charge on any atom is 0.181 e. The van der Waals surface area contributed by atoms with Crippen LogP contribution >= 0.6 is 12.4 Å². The molecule has 0 amide bonds. The molecule has 4 heteroatoms. The van der Waals surface area contributed by atoms with Crippen LogP contribution in [0.1, 0.15) is 5.56 Å². The molecule has 1 aromatic carbocycles. The van der Waals surface area contributed by atoms with Crippen molar-refractivity contribution in [3.05, 3.63) is 30.2 Å². The highest BCUT2D eigenvalue weighted by Gasteiger charge is 1.98. The molecule has 0 radical (unpaired) electrons. The number of hydrogen-bond donors (Lipinski definition) is 1. The van der Waals surface area contributed by atoms with Crippen LogP contribution in [0.5, 0.6) is 0 Å². The van der Waals surface area contributed by atoms with Crippen molar-refractivity contribution in [1.82, 2.24) is 4.98 Å². The van der Waals surface area contributed by atoms with Gasteiger partial charge < -0.3 is 10.2 Å². The minimum absolute atomic E-state index is 0. The number of halogens is 1. The van der Waals surface area contributed by atoms with Gasteiger partial charge in [-0.1, -0.05) is 6.07 Å². The Morgan fingerprint density at radius 2 is 2.23 bits per heavy atom. The van der Waals surface area contributed by atoms with Crippen molar-refractivity contribution >= 4 is 23.5 Å². The van der Waals surface area contributed by atoms with Crippen molar-refractivity contribution in [2.45, 2.75) is 6.42 Å². The Bertz CT molecular complexity index is 386. The molecule has 0 saturated carbocycles. The monoisotopic (exact) mass is 198 g/mol. The maximum atomic E-state index is 5.43. The van der Waals surface area contributed by atoms with E-state index in [0.29, 0.717) is 6.54 Å². The van der Waals surface area contributed by atoms with Gasteiger partial charge >= 0.3 is 0 Å². The Labute approximate surface area is 82.3 Å². The number of rotatable bonds is 2. The quantitative estimate of drug-likeness (QED) is 0.800. The fourth-order valence-corrected chi connectivity index (χ4v) is 1.22. The van der Waals surface area contributed by atoms with Crippen LogP contribution in [0, 0.1) is 0 Å². The first-order valence-corrected chi connectivity index (χ1v) is 3.92. The van der Waals surface area contributed by atoms with Gasteiger partial charge in [0.15, 0.2) is 12.0 Å². The molecule has 0 bridgehead atoms. The van der Waals surface area contributed by atoms with Gasteiger partial charge in [0.05, 0.1) is 0 Å². The van der Waals surface area contributed by atoms with Crippen LogP contribution < -0.4 is 5.73 Å². The summed E-state index contributed by atoms with van der Waals surface area (Å²) in [6.07, 6.45) is 2.34. The summed E-state index contributed by atoms with van der Waals surface area (Å²) in [4.78, 5) is 4.02. The topological polar surface area (TPSA) is 52.0 Å². The Balaban J connectivity index is 0.000000845. The first kappa shape index (κ1) is 10.0. The zero-order chi connectivity index (χ0) is 8.39. The predicted octanol–water partition coefficient (Wildman–Crippen LogP) is 1.75. The highest BCUT2D eigenvalue weighted by Crippen LogP contribution is 2.13. The molecule has 13 heavy (non-hydrogen) atoms. The molecule has 0 spiro atoms. The molecule has 1 heterocycles. The number of benzene rings is 1. The summed E-state index contributed by atoms with van der Waals surface area (Å²) in [6.45, 7) is 0.666. The molecular weight excluding hydrogens is 188 g/mol. The molecule has 3 nitrogen and oxygen atoms in total. The van der Waals surface area contributed by atoms with Crippen molar-refractivity contribution < 1.29 is 4.42 Å². The molecule has 0 atom stereocenters. The van der Waals surface area contributed by atoms with Gasteiger partial charge in [-0.2, -0.15) is 0 Å². The second-order valence-corrected chi connectivity index (χ2v) is 2.69. The van der Waals surface area contributed by atoms with Crippen molar-refractivity contribution in [1.29, 1.82) is 0 Å². The molecule has 1 aromatic heterocycles. The van der Waals surface area contributed by atoms with E-state index in [1.165, 1.54) is 12.0 Å². The molecule has 70 valence electrons. The van der Waals surface area contributed by atoms with Crippen LogP contribution in [0.25, 0.3) is 11.1 Å². The smallest absolute Gasteiger partial charge is 0.181 e. The standard InChI is InChI=1S/C9H10N2O.ClH/c10-4-3-7-1-2-8-9(5-7)12-6-11-8;/h1-2,5-6H,3-4,10H2;1H. The molecule has 0 aliphatic rings. The zero-order valence-electron chi connectivity index (χ0n) is 7.06.